The SMILES string of the molecule is COc1nc(OCCN2CCCC2)ccc1NS(=O)(=O)c1ccc(-c2cnco2)cc1. The lowest BCUT2D eigenvalue weighted by atomic mass is 10.2. The Labute approximate surface area is 181 Å². The van der Waals surface area contributed by atoms with E-state index in [1.165, 1.54) is 38.5 Å². The van der Waals surface area contributed by atoms with E-state index in [9.17, 15) is 8.42 Å². The molecule has 0 radical (unpaired) electrons. The quantitative estimate of drug-likeness (QED) is 0.537. The van der Waals surface area contributed by atoms with Crippen molar-refractivity contribution in [3.63, 3.8) is 0 Å². The van der Waals surface area contributed by atoms with E-state index >= 15 is 0 Å². The molecule has 2 aromatic heterocycles. The largest absolute Gasteiger partial charge is 0.479 e. The van der Waals surface area contributed by atoms with Crippen LogP contribution in [0.15, 0.2) is 58.3 Å². The number of benzene rings is 1. The topological polar surface area (TPSA) is 107 Å². The number of hydrogen-bond acceptors (Lipinski definition) is 8. The van der Waals surface area contributed by atoms with Crippen LogP contribution in [0, 0.1) is 0 Å². The molecule has 0 saturated carbocycles. The summed E-state index contributed by atoms with van der Waals surface area (Å²) in [6.07, 6.45) is 5.33. The van der Waals surface area contributed by atoms with Crippen molar-refractivity contribution < 1.29 is 22.3 Å². The van der Waals surface area contributed by atoms with E-state index in [0.717, 1.165) is 25.2 Å². The fourth-order valence-electron chi connectivity index (χ4n) is 3.38. The molecule has 9 nitrogen and oxygen atoms in total. The van der Waals surface area contributed by atoms with Gasteiger partial charge in [-0.3, -0.25) is 9.62 Å². The maximum absolute atomic E-state index is 12.8. The first-order chi connectivity index (χ1) is 15.0. The molecule has 1 aliphatic heterocycles. The number of nitrogens with zero attached hydrogens (tertiary/aromatic N) is 3. The number of anilines is 1. The predicted molar refractivity (Wildman–Crippen MR) is 115 cm³/mol. The Bertz CT molecular complexity index is 1100. The molecule has 1 N–H and O–H groups in total. The molecule has 3 heterocycles. The summed E-state index contributed by atoms with van der Waals surface area (Å²) in [4.78, 5) is 10.6. The van der Waals surface area contributed by atoms with Gasteiger partial charge < -0.3 is 13.9 Å². The molecule has 0 bridgehead atoms. The molecule has 0 unspecified atom stereocenters. The number of hydrogen-bond donors (Lipinski definition) is 1. The lowest BCUT2D eigenvalue weighted by Crippen LogP contribution is -2.25. The van der Waals surface area contributed by atoms with Crippen LogP contribution in [0.1, 0.15) is 12.8 Å². The van der Waals surface area contributed by atoms with Crippen molar-refractivity contribution in [1.29, 1.82) is 0 Å². The summed E-state index contributed by atoms with van der Waals surface area (Å²) in [5.41, 5.74) is 0.958. The van der Waals surface area contributed by atoms with Crippen LogP contribution in [0.2, 0.25) is 0 Å². The van der Waals surface area contributed by atoms with Crippen molar-refractivity contribution in [2.24, 2.45) is 0 Å². The Morgan fingerprint density at radius 2 is 1.90 bits per heavy atom. The average Bonchev–Trinajstić information content (AvgIpc) is 3.49. The number of ether oxygens (including phenoxy) is 2. The Balaban J connectivity index is 1.43. The third-order valence-corrected chi connectivity index (χ3v) is 6.39. The summed E-state index contributed by atoms with van der Waals surface area (Å²) in [6.45, 7) is 3.54. The smallest absolute Gasteiger partial charge is 0.262 e. The maximum atomic E-state index is 12.8. The predicted octanol–water partition coefficient (Wildman–Crippen LogP) is 3.02. The van der Waals surface area contributed by atoms with Gasteiger partial charge in [-0.1, -0.05) is 0 Å². The minimum absolute atomic E-state index is 0.101. The molecule has 0 spiro atoms. The Morgan fingerprint density at radius 1 is 1.13 bits per heavy atom. The van der Waals surface area contributed by atoms with E-state index in [-0.39, 0.29) is 16.5 Å². The fourth-order valence-corrected chi connectivity index (χ4v) is 4.44. The molecule has 10 heteroatoms. The third kappa shape index (κ3) is 5.15. The van der Waals surface area contributed by atoms with Crippen molar-refractivity contribution in [3.8, 4) is 23.1 Å². The number of nitrogens with one attached hydrogen (secondary N) is 1. The Kier molecular flexibility index (Phi) is 6.38. The van der Waals surface area contributed by atoms with Crippen LogP contribution >= 0.6 is 0 Å². The summed E-state index contributed by atoms with van der Waals surface area (Å²) >= 11 is 0. The Hall–Kier alpha value is -3.11. The van der Waals surface area contributed by atoms with Gasteiger partial charge >= 0.3 is 0 Å². The normalized spacial score (nSPS) is 14.5. The van der Waals surface area contributed by atoms with Crippen LogP contribution in [-0.4, -0.2) is 56.6 Å². The molecule has 1 aromatic carbocycles. The van der Waals surface area contributed by atoms with E-state index in [1.807, 2.05) is 0 Å². The molecule has 164 valence electrons. The van der Waals surface area contributed by atoms with Crippen molar-refractivity contribution in [1.82, 2.24) is 14.9 Å². The second-order valence-corrected chi connectivity index (χ2v) is 8.78. The van der Waals surface area contributed by atoms with Crippen molar-refractivity contribution >= 4 is 15.7 Å². The first-order valence-corrected chi connectivity index (χ1v) is 11.5. The molecule has 3 aromatic rings. The summed E-state index contributed by atoms with van der Waals surface area (Å²) in [6, 6.07) is 9.50. The van der Waals surface area contributed by atoms with Gasteiger partial charge in [0, 0.05) is 18.2 Å². The number of aromatic nitrogens is 2. The van der Waals surface area contributed by atoms with E-state index in [0.29, 0.717) is 18.2 Å². The highest BCUT2D eigenvalue weighted by molar-refractivity contribution is 7.92. The number of pyridine rings is 1. The maximum Gasteiger partial charge on any atom is 0.262 e. The highest BCUT2D eigenvalue weighted by Crippen LogP contribution is 2.28. The van der Waals surface area contributed by atoms with Gasteiger partial charge in [0.05, 0.1) is 18.2 Å². The molecular formula is C21H24N4O5S. The summed E-state index contributed by atoms with van der Waals surface area (Å²) in [5, 5.41) is 0. The van der Waals surface area contributed by atoms with Gasteiger partial charge in [-0.15, -0.1) is 0 Å². The Morgan fingerprint density at radius 3 is 2.58 bits per heavy atom. The second-order valence-electron chi connectivity index (χ2n) is 7.10. The molecule has 4 rings (SSSR count). The van der Waals surface area contributed by atoms with Crippen LogP contribution in [0.5, 0.6) is 11.8 Å². The van der Waals surface area contributed by atoms with Gasteiger partial charge in [0.15, 0.2) is 12.2 Å². The van der Waals surface area contributed by atoms with Crippen molar-refractivity contribution in [2.75, 3.05) is 38.1 Å². The zero-order valence-corrected chi connectivity index (χ0v) is 18.0. The first-order valence-electron chi connectivity index (χ1n) is 9.97. The summed E-state index contributed by atoms with van der Waals surface area (Å²) < 4.78 is 44.3. The third-order valence-electron chi connectivity index (χ3n) is 5.01. The molecule has 1 saturated heterocycles. The lowest BCUT2D eigenvalue weighted by molar-refractivity contribution is 0.230. The van der Waals surface area contributed by atoms with E-state index in [4.69, 9.17) is 13.9 Å². The molecular weight excluding hydrogens is 420 g/mol. The highest BCUT2D eigenvalue weighted by atomic mass is 32.2. The van der Waals surface area contributed by atoms with Crippen LogP contribution in [-0.2, 0) is 10.0 Å². The van der Waals surface area contributed by atoms with Crippen LogP contribution < -0.4 is 14.2 Å². The van der Waals surface area contributed by atoms with Gasteiger partial charge in [0.2, 0.25) is 11.8 Å². The van der Waals surface area contributed by atoms with Crippen LogP contribution in [0.25, 0.3) is 11.3 Å². The second kappa shape index (κ2) is 9.36. The molecule has 0 atom stereocenters. The van der Waals surface area contributed by atoms with Gasteiger partial charge in [0.25, 0.3) is 10.0 Å². The van der Waals surface area contributed by atoms with Gasteiger partial charge in [-0.25, -0.2) is 13.4 Å². The molecule has 31 heavy (non-hydrogen) atoms. The monoisotopic (exact) mass is 444 g/mol. The van der Waals surface area contributed by atoms with Gasteiger partial charge in [-0.2, -0.15) is 4.98 Å². The zero-order chi connectivity index (χ0) is 21.7. The summed E-state index contributed by atoms with van der Waals surface area (Å²) in [7, 11) is -2.41. The average molecular weight is 445 g/mol. The van der Waals surface area contributed by atoms with Gasteiger partial charge in [-0.05, 0) is 56.3 Å². The van der Waals surface area contributed by atoms with Gasteiger partial charge in [0.1, 0.15) is 12.3 Å². The minimum atomic E-state index is -3.84. The molecule has 1 aliphatic rings. The van der Waals surface area contributed by atoms with Crippen LogP contribution in [0.3, 0.4) is 0 Å². The number of methoxy groups -OCH3 is 1. The first kappa shape index (κ1) is 21.1. The van der Waals surface area contributed by atoms with E-state index in [1.54, 1.807) is 30.5 Å². The lowest BCUT2D eigenvalue weighted by Gasteiger charge is -2.15. The highest BCUT2D eigenvalue weighted by Gasteiger charge is 2.18. The standard InChI is InChI=1S/C21H24N4O5S/c1-28-21-18(8-9-20(23-21)29-13-12-25-10-2-3-11-25)24-31(26,27)17-6-4-16(5-7-17)19-14-22-15-30-19/h4-9,14-15,24H,2-3,10-13H2,1H3. The van der Waals surface area contributed by atoms with Crippen molar-refractivity contribution in [2.45, 2.75) is 17.7 Å². The molecule has 0 amide bonds. The molecule has 0 aliphatic carbocycles. The number of sulfonamides is 1. The van der Waals surface area contributed by atoms with Crippen molar-refractivity contribution in [3.05, 3.63) is 49.0 Å². The fraction of sp³-hybridized carbons (Fsp3) is 0.333. The zero-order valence-electron chi connectivity index (χ0n) is 17.2. The van der Waals surface area contributed by atoms with Crippen LogP contribution in [0.4, 0.5) is 5.69 Å². The number of oxazole rings is 1. The molecule has 1 fully saturated rings. The summed E-state index contributed by atoms with van der Waals surface area (Å²) in [5.74, 6) is 1.08. The minimum Gasteiger partial charge on any atom is -0.479 e. The number of likely N-dealkylation sites (tertiary alicyclic amines) is 1. The van der Waals surface area contributed by atoms with E-state index < -0.39 is 10.0 Å². The number of rotatable bonds is 9. The van der Waals surface area contributed by atoms with E-state index in [2.05, 4.69) is 19.6 Å².